The zero-order chi connectivity index (χ0) is 26.5. The number of rotatable bonds is 5. The molecule has 0 spiro atoms. The average molecular weight is 512 g/mol. The summed E-state index contributed by atoms with van der Waals surface area (Å²) < 4.78 is 62.0. The summed E-state index contributed by atoms with van der Waals surface area (Å²) in [5.74, 6) is -2.58. The summed E-state index contributed by atoms with van der Waals surface area (Å²) in [6, 6.07) is 11.1. The third-order valence-corrected chi connectivity index (χ3v) is 5.61. The number of anilines is 1. The lowest BCUT2D eigenvalue weighted by Crippen LogP contribution is -2.19. The summed E-state index contributed by atoms with van der Waals surface area (Å²) in [6.45, 7) is 1.11. The maximum atomic E-state index is 13.9. The standard InChI is InChI=1S/C24H16F4N6O3/c1-11-20(32-23(36)14-9-17(22(29)35)30-16-8-12(25)6-7-13(14)16)21(24(26,27)28)33-34(11)10-19-31-15-4-2-3-5-18(15)37-19/h2-9H,10H2,1H3,(H2,29,35)(H,32,36). The Balaban J connectivity index is 1.56. The number of oxazole rings is 1. The Labute approximate surface area is 204 Å². The van der Waals surface area contributed by atoms with Crippen molar-refractivity contribution in [3.05, 3.63) is 82.9 Å². The van der Waals surface area contributed by atoms with Crippen LogP contribution in [0, 0.1) is 12.7 Å². The summed E-state index contributed by atoms with van der Waals surface area (Å²) in [4.78, 5) is 33.1. The zero-order valence-corrected chi connectivity index (χ0v) is 18.9. The topological polar surface area (TPSA) is 129 Å². The second kappa shape index (κ2) is 8.69. The van der Waals surface area contributed by atoms with Crippen LogP contribution in [-0.4, -0.2) is 31.6 Å². The smallest absolute Gasteiger partial charge is 0.437 e. The molecule has 3 heterocycles. The Bertz CT molecular complexity index is 1670. The molecule has 0 atom stereocenters. The van der Waals surface area contributed by atoms with Gasteiger partial charge in [-0.1, -0.05) is 12.1 Å². The van der Waals surface area contributed by atoms with Crippen LogP contribution < -0.4 is 11.1 Å². The van der Waals surface area contributed by atoms with E-state index < -0.39 is 35.2 Å². The first kappa shape index (κ1) is 23.9. The fraction of sp³-hybridized carbons (Fsp3) is 0.125. The summed E-state index contributed by atoms with van der Waals surface area (Å²) in [7, 11) is 0. The molecule has 0 radical (unpaired) electrons. The van der Waals surface area contributed by atoms with Crippen molar-refractivity contribution < 1.29 is 31.6 Å². The molecule has 0 aliphatic heterocycles. The first-order chi connectivity index (χ1) is 17.5. The van der Waals surface area contributed by atoms with Crippen molar-refractivity contribution in [2.45, 2.75) is 19.6 Å². The van der Waals surface area contributed by atoms with E-state index in [0.29, 0.717) is 11.1 Å². The van der Waals surface area contributed by atoms with Gasteiger partial charge in [0.1, 0.15) is 23.6 Å². The molecule has 13 heteroatoms. The first-order valence-corrected chi connectivity index (χ1v) is 10.7. The summed E-state index contributed by atoms with van der Waals surface area (Å²) >= 11 is 0. The van der Waals surface area contributed by atoms with Crippen LogP contribution in [-0.2, 0) is 12.7 Å². The molecule has 3 aromatic heterocycles. The number of fused-ring (bicyclic) bond motifs is 2. The monoisotopic (exact) mass is 512 g/mol. The largest absolute Gasteiger partial charge is 0.439 e. The highest BCUT2D eigenvalue weighted by atomic mass is 19.4. The highest BCUT2D eigenvalue weighted by Crippen LogP contribution is 2.36. The SMILES string of the molecule is Cc1c(NC(=O)c2cc(C(N)=O)nc3cc(F)ccc23)c(C(F)(F)F)nn1Cc1nc2ccccc2o1. The number of amides is 2. The first-order valence-electron chi connectivity index (χ1n) is 10.7. The predicted octanol–water partition coefficient (Wildman–Crippen LogP) is 4.44. The van der Waals surface area contributed by atoms with Crippen molar-refractivity contribution in [1.29, 1.82) is 0 Å². The van der Waals surface area contributed by atoms with Crippen LogP contribution in [0.15, 0.2) is 52.9 Å². The van der Waals surface area contributed by atoms with Gasteiger partial charge in [0.25, 0.3) is 11.8 Å². The lowest BCUT2D eigenvalue weighted by atomic mass is 10.1. The van der Waals surface area contributed by atoms with Crippen molar-refractivity contribution in [1.82, 2.24) is 19.7 Å². The van der Waals surface area contributed by atoms with Gasteiger partial charge in [0.05, 0.1) is 22.5 Å². The third kappa shape index (κ3) is 4.46. The Kier molecular flexibility index (Phi) is 5.62. The van der Waals surface area contributed by atoms with Gasteiger partial charge in [0, 0.05) is 11.5 Å². The Morgan fingerprint density at radius 3 is 2.54 bits per heavy atom. The van der Waals surface area contributed by atoms with Gasteiger partial charge >= 0.3 is 6.18 Å². The number of carbonyl (C=O) groups is 2. The van der Waals surface area contributed by atoms with Crippen molar-refractivity contribution in [2.75, 3.05) is 5.32 Å². The fourth-order valence-corrected chi connectivity index (χ4v) is 3.86. The third-order valence-electron chi connectivity index (χ3n) is 5.61. The van der Waals surface area contributed by atoms with Crippen LogP contribution in [0.4, 0.5) is 23.2 Å². The number of halogens is 4. The van der Waals surface area contributed by atoms with E-state index in [1.165, 1.54) is 13.0 Å². The van der Waals surface area contributed by atoms with E-state index in [-0.39, 0.29) is 40.3 Å². The van der Waals surface area contributed by atoms with E-state index in [0.717, 1.165) is 22.9 Å². The van der Waals surface area contributed by atoms with Gasteiger partial charge < -0.3 is 15.5 Å². The van der Waals surface area contributed by atoms with Gasteiger partial charge in [0.15, 0.2) is 11.3 Å². The van der Waals surface area contributed by atoms with Gasteiger partial charge in [0.2, 0.25) is 5.89 Å². The number of carbonyl (C=O) groups excluding carboxylic acids is 2. The van der Waals surface area contributed by atoms with Gasteiger partial charge in [-0.2, -0.15) is 18.3 Å². The second-order valence-corrected chi connectivity index (χ2v) is 8.07. The number of para-hydroxylation sites is 2. The number of hydrogen-bond donors (Lipinski definition) is 2. The number of benzene rings is 2. The Hall–Kier alpha value is -4.81. The molecule has 188 valence electrons. The lowest BCUT2D eigenvalue weighted by Gasteiger charge is -2.11. The van der Waals surface area contributed by atoms with Crippen molar-refractivity contribution >= 4 is 39.5 Å². The Morgan fingerprint density at radius 1 is 1.08 bits per heavy atom. The van der Waals surface area contributed by atoms with Crippen LogP contribution >= 0.6 is 0 Å². The quantitative estimate of drug-likeness (QED) is 0.335. The average Bonchev–Trinajstić information content (AvgIpc) is 3.38. The van der Waals surface area contributed by atoms with Crippen LogP contribution in [0.2, 0.25) is 0 Å². The molecule has 0 aliphatic rings. The van der Waals surface area contributed by atoms with Gasteiger partial charge in [-0.05, 0) is 37.3 Å². The molecule has 2 amide bonds. The highest BCUT2D eigenvalue weighted by molar-refractivity contribution is 6.14. The van der Waals surface area contributed by atoms with Crippen LogP contribution in [0.5, 0.6) is 0 Å². The van der Waals surface area contributed by atoms with E-state index in [1.54, 1.807) is 24.3 Å². The molecule has 37 heavy (non-hydrogen) atoms. The fourth-order valence-electron chi connectivity index (χ4n) is 3.86. The van der Waals surface area contributed by atoms with E-state index in [4.69, 9.17) is 10.2 Å². The normalized spacial score (nSPS) is 11.8. The number of nitrogens with two attached hydrogens (primary N) is 1. The number of nitrogens with one attached hydrogen (secondary N) is 1. The molecule has 0 bridgehead atoms. The maximum Gasteiger partial charge on any atom is 0.437 e. The van der Waals surface area contributed by atoms with Crippen molar-refractivity contribution in [3.63, 3.8) is 0 Å². The minimum absolute atomic E-state index is 0.0255. The summed E-state index contributed by atoms with van der Waals surface area (Å²) in [5.41, 5.74) is 3.64. The van der Waals surface area contributed by atoms with Gasteiger partial charge in [-0.25, -0.2) is 14.4 Å². The molecule has 2 aromatic carbocycles. The maximum absolute atomic E-state index is 13.9. The molecule has 0 saturated carbocycles. The number of primary amides is 1. The van der Waals surface area contributed by atoms with Crippen molar-refractivity contribution in [3.8, 4) is 0 Å². The zero-order valence-electron chi connectivity index (χ0n) is 18.9. The second-order valence-electron chi connectivity index (χ2n) is 8.07. The lowest BCUT2D eigenvalue weighted by molar-refractivity contribution is -0.140. The van der Waals surface area contributed by atoms with E-state index in [1.807, 2.05) is 0 Å². The molecule has 0 aliphatic carbocycles. The van der Waals surface area contributed by atoms with Gasteiger partial charge in [-0.3, -0.25) is 14.3 Å². The minimum atomic E-state index is -4.91. The highest BCUT2D eigenvalue weighted by Gasteiger charge is 2.39. The van der Waals surface area contributed by atoms with Crippen molar-refractivity contribution in [2.24, 2.45) is 5.73 Å². The Morgan fingerprint density at radius 2 is 1.84 bits per heavy atom. The number of aromatic nitrogens is 4. The molecule has 5 aromatic rings. The van der Waals surface area contributed by atoms with Crippen LogP contribution in [0.25, 0.3) is 22.0 Å². The van der Waals surface area contributed by atoms with E-state index >= 15 is 0 Å². The van der Waals surface area contributed by atoms with Crippen LogP contribution in [0.1, 0.15) is 38.1 Å². The molecule has 9 nitrogen and oxygen atoms in total. The molecular formula is C24H16F4N6O3. The predicted molar refractivity (Wildman–Crippen MR) is 123 cm³/mol. The number of alkyl halides is 3. The molecule has 0 saturated heterocycles. The molecule has 0 unspecified atom stereocenters. The summed E-state index contributed by atoms with van der Waals surface area (Å²) in [5, 5.41) is 6.00. The molecule has 3 N–H and O–H groups in total. The number of nitrogens with zero attached hydrogens (tertiary/aromatic N) is 4. The van der Waals surface area contributed by atoms with Crippen LogP contribution in [0.3, 0.4) is 0 Å². The number of hydrogen-bond acceptors (Lipinski definition) is 6. The number of pyridine rings is 1. The minimum Gasteiger partial charge on any atom is -0.439 e. The van der Waals surface area contributed by atoms with Gasteiger partial charge in [-0.15, -0.1) is 0 Å². The van der Waals surface area contributed by atoms with E-state index in [2.05, 4.69) is 20.4 Å². The molecular weight excluding hydrogens is 496 g/mol. The van der Waals surface area contributed by atoms with E-state index in [9.17, 15) is 27.2 Å². The molecule has 5 rings (SSSR count). The summed E-state index contributed by atoms with van der Waals surface area (Å²) in [6.07, 6.45) is -4.91. The molecule has 0 fully saturated rings.